The molecule has 0 fully saturated rings. The molecule has 0 radical (unpaired) electrons. The number of aryl methyl sites for hydroxylation is 1. The summed E-state index contributed by atoms with van der Waals surface area (Å²) in [5, 5.41) is 6.53. The summed E-state index contributed by atoms with van der Waals surface area (Å²) in [6, 6.07) is 0. The smallest absolute Gasteiger partial charge is 0.271 e. The molecule has 2 rings (SSSR count). The molecule has 5 nitrogen and oxygen atoms in total. The highest BCUT2D eigenvalue weighted by molar-refractivity contribution is 7.11. The largest absolute Gasteiger partial charge is 0.339 e. The molecule has 0 bridgehead atoms. The number of thiazole rings is 2. The Kier molecular flexibility index (Phi) is 8.49. The lowest BCUT2D eigenvalue weighted by Crippen LogP contribution is -2.41. The Labute approximate surface area is 150 Å². The van der Waals surface area contributed by atoms with Gasteiger partial charge in [-0.05, 0) is 27.3 Å². The van der Waals surface area contributed by atoms with E-state index < -0.39 is 5.54 Å². The van der Waals surface area contributed by atoms with E-state index in [1.165, 1.54) is 11.3 Å². The van der Waals surface area contributed by atoms with Crippen LogP contribution in [-0.2, 0) is 12.0 Å². The maximum atomic E-state index is 12.2. The number of halogens is 2. The van der Waals surface area contributed by atoms with E-state index in [0.29, 0.717) is 18.7 Å². The minimum atomic E-state index is -0.506. The molecule has 22 heavy (non-hydrogen) atoms. The molecule has 0 saturated carbocycles. The van der Waals surface area contributed by atoms with Gasteiger partial charge in [0.15, 0.2) is 0 Å². The summed E-state index contributed by atoms with van der Waals surface area (Å²) in [4.78, 5) is 22.0. The number of hydrogen-bond acceptors (Lipinski definition) is 6. The third kappa shape index (κ3) is 5.17. The molecule has 0 aliphatic heterocycles. The van der Waals surface area contributed by atoms with E-state index in [1.807, 2.05) is 27.0 Å². The first-order valence-electron chi connectivity index (χ1n) is 6.32. The van der Waals surface area contributed by atoms with Gasteiger partial charge in [0, 0.05) is 22.9 Å². The Morgan fingerprint density at radius 3 is 2.64 bits per heavy atom. The fourth-order valence-electron chi connectivity index (χ4n) is 1.70. The van der Waals surface area contributed by atoms with Crippen molar-refractivity contribution in [2.24, 2.45) is 5.73 Å². The molecule has 0 spiro atoms. The predicted octanol–water partition coefficient (Wildman–Crippen LogP) is 2.92. The van der Waals surface area contributed by atoms with Crippen LogP contribution in [0.25, 0.3) is 0 Å². The molecule has 0 atom stereocenters. The Balaban J connectivity index is 0.00000220. The van der Waals surface area contributed by atoms with Crippen LogP contribution in [0.4, 0.5) is 0 Å². The summed E-state index contributed by atoms with van der Waals surface area (Å²) >= 11 is 3.05. The standard InChI is InChI=1S/C13H18N4OS2.2ClH/c1-8-6-15-12(20-8)13(2,3)17-11(18)9-7-19-10(16-9)4-5-14;;/h6-7H,4-5,14H2,1-3H3,(H,17,18);2*1H. The van der Waals surface area contributed by atoms with Crippen molar-refractivity contribution in [3.63, 3.8) is 0 Å². The fourth-order valence-corrected chi connectivity index (χ4v) is 3.31. The maximum absolute atomic E-state index is 12.2. The molecule has 0 aromatic carbocycles. The number of carbonyl (C=O) groups is 1. The lowest BCUT2D eigenvalue weighted by molar-refractivity contribution is 0.0907. The van der Waals surface area contributed by atoms with Crippen LogP contribution in [0, 0.1) is 6.92 Å². The van der Waals surface area contributed by atoms with Crippen LogP contribution in [-0.4, -0.2) is 22.4 Å². The monoisotopic (exact) mass is 382 g/mol. The highest BCUT2D eigenvalue weighted by Crippen LogP contribution is 2.25. The van der Waals surface area contributed by atoms with E-state index in [4.69, 9.17) is 5.73 Å². The van der Waals surface area contributed by atoms with E-state index in [0.717, 1.165) is 14.9 Å². The number of nitrogens with zero attached hydrogens (tertiary/aromatic N) is 2. The second kappa shape index (κ2) is 8.79. The highest BCUT2D eigenvalue weighted by Gasteiger charge is 2.27. The van der Waals surface area contributed by atoms with E-state index in [1.54, 1.807) is 16.7 Å². The summed E-state index contributed by atoms with van der Waals surface area (Å²) in [5.41, 5.74) is 5.42. The van der Waals surface area contributed by atoms with Gasteiger partial charge in [-0.1, -0.05) is 0 Å². The Morgan fingerprint density at radius 1 is 1.41 bits per heavy atom. The van der Waals surface area contributed by atoms with E-state index in [9.17, 15) is 4.79 Å². The topological polar surface area (TPSA) is 80.9 Å². The molecule has 2 aromatic heterocycles. The normalized spacial score (nSPS) is 10.5. The van der Waals surface area contributed by atoms with Crippen molar-refractivity contribution in [2.75, 3.05) is 6.54 Å². The van der Waals surface area contributed by atoms with Gasteiger partial charge in [-0.2, -0.15) is 0 Å². The lowest BCUT2D eigenvalue weighted by Gasteiger charge is -2.23. The van der Waals surface area contributed by atoms with Gasteiger partial charge in [-0.25, -0.2) is 9.97 Å². The van der Waals surface area contributed by atoms with Crippen molar-refractivity contribution in [3.05, 3.63) is 32.2 Å². The molecular weight excluding hydrogens is 363 g/mol. The Hall–Kier alpha value is -0.730. The molecule has 9 heteroatoms. The number of nitrogens with two attached hydrogens (primary N) is 1. The van der Waals surface area contributed by atoms with Gasteiger partial charge in [0.1, 0.15) is 10.7 Å². The van der Waals surface area contributed by atoms with Gasteiger partial charge in [0.25, 0.3) is 5.91 Å². The highest BCUT2D eigenvalue weighted by atomic mass is 35.5. The number of hydrogen-bond donors (Lipinski definition) is 2. The molecule has 0 aliphatic rings. The van der Waals surface area contributed by atoms with E-state index >= 15 is 0 Å². The van der Waals surface area contributed by atoms with Gasteiger partial charge in [0.05, 0.1) is 10.5 Å². The molecular formula is C13H20Cl2N4OS2. The number of aromatic nitrogens is 2. The van der Waals surface area contributed by atoms with Crippen LogP contribution in [0.15, 0.2) is 11.6 Å². The third-order valence-electron chi connectivity index (χ3n) is 2.72. The Morgan fingerprint density at radius 2 is 2.09 bits per heavy atom. The quantitative estimate of drug-likeness (QED) is 0.832. The minimum absolute atomic E-state index is 0. The molecule has 3 N–H and O–H groups in total. The zero-order chi connectivity index (χ0) is 14.8. The predicted molar refractivity (Wildman–Crippen MR) is 96.7 cm³/mol. The zero-order valence-corrected chi connectivity index (χ0v) is 15.8. The van der Waals surface area contributed by atoms with Crippen molar-refractivity contribution < 1.29 is 4.79 Å². The fraction of sp³-hybridized carbons (Fsp3) is 0.462. The average molecular weight is 383 g/mol. The van der Waals surface area contributed by atoms with Crippen molar-refractivity contribution >= 4 is 53.4 Å². The summed E-state index contributed by atoms with van der Waals surface area (Å²) in [6.45, 7) is 6.42. The van der Waals surface area contributed by atoms with Crippen LogP contribution in [0.2, 0.25) is 0 Å². The van der Waals surface area contributed by atoms with Crippen LogP contribution in [0.5, 0.6) is 0 Å². The Bertz CT molecular complexity index is 613. The second-order valence-corrected chi connectivity index (χ2v) is 7.20. The lowest BCUT2D eigenvalue weighted by atomic mass is 10.1. The van der Waals surface area contributed by atoms with Gasteiger partial charge in [-0.15, -0.1) is 47.5 Å². The number of rotatable bonds is 5. The van der Waals surface area contributed by atoms with Crippen LogP contribution in [0.1, 0.15) is 39.2 Å². The first-order valence-corrected chi connectivity index (χ1v) is 8.02. The summed E-state index contributed by atoms with van der Waals surface area (Å²) < 4.78 is 0. The van der Waals surface area contributed by atoms with Crippen molar-refractivity contribution in [1.82, 2.24) is 15.3 Å². The van der Waals surface area contributed by atoms with Gasteiger partial charge < -0.3 is 11.1 Å². The van der Waals surface area contributed by atoms with Crippen LogP contribution < -0.4 is 11.1 Å². The maximum Gasteiger partial charge on any atom is 0.271 e. The summed E-state index contributed by atoms with van der Waals surface area (Å²) in [7, 11) is 0. The van der Waals surface area contributed by atoms with Gasteiger partial charge >= 0.3 is 0 Å². The van der Waals surface area contributed by atoms with E-state index in [2.05, 4.69) is 15.3 Å². The van der Waals surface area contributed by atoms with Crippen LogP contribution >= 0.6 is 47.5 Å². The zero-order valence-electron chi connectivity index (χ0n) is 12.6. The van der Waals surface area contributed by atoms with Crippen molar-refractivity contribution in [1.29, 1.82) is 0 Å². The van der Waals surface area contributed by atoms with Gasteiger partial charge in [-0.3, -0.25) is 4.79 Å². The van der Waals surface area contributed by atoms with Crippen molar-refractivity contribution in [2.45, 2.75) is 32.7 Å². The molecule has 0 unspecified atom stereocenters. The second-order valence-electron chi connectivity index (χ2n) is 5.02. The van der Waals surface area contributed by atoms with Crippen LogP contribution in [0.3, 0.4) is 0 Å². The van der Waals surface area contributed by atoms with E-state index in [-0.39, 0.29) is 30.7 Å². The first-order chi connectivity index (χ1) is 9.42. The average Bonchev–Trinajstić information content (AvgIpc) is 2.98. The molecule has 1 amide bonds. The molecule has 124 valence electrons. The summed E-state index contributed by atoms with van der Waals surface area (Å²) in [6.07, 6.45) is 2.52. The molecule has 2 heterocycles. The number of amides is 1. The molecule has 2 aromatic rings. The number of carbonyl (C=O) groups excluding carboxylic acids is 1. The van der Waals surface area contributed by atoms with Gasteiger partial charge in [0.2, 0.25) is 0 Å². The number of nitrogens with one attached hydrogen (secondary N) is 1. The van der Waals surface area contributed by atoms with Crippen molar-refractivity contribution in [3.8, 4) is 0 Å². The molecule has 0 saturated heterocycles. The molecule has 0 aliphatic carbocycles. The third-order valence-corrected chi connectivity index (χ3v) is 4.87. The minimum Gasteiger partial charge on any atom is -0.339 e. The first kappa shape index (κ1) is 21.3. The summed E-state index contributed by atoms with van der Waals surface area (Å²) in [5.74, 6) is -0.178. The SMILES string of the molecule is Cc1cnc(C(C)(C)NC(=O)c2csc(CCN)n2)s1.Cl.Cl.